The highest BCUT2D eigenvalue weighted by atomic mass is 32.2. The van der Waals surface area contributed by atoms with E-state index in [0.717, 1.165) is 41.1 Å². The van der Waals surface area contributed by atoms with Crippen molar-refractivity contribution < 1.29 is 9.26 Å². The second-order valence-electron chi connectivity index (χ2n) is 8.14. The lowest BCUT2D eigenvalue weighted by molar-refractivity contribution is 0.329. The fourth-order valence-corrected chi connectivity index (χ4v) is 4.70. The van der Waals surface area contributed by atoms with E-state index in [0.29, 0.717) is 24.2 Å². The van der Waals surface area contributed by atoms with Gasteiger partial charge in [0, 0.05) is 23.7 Å². The van der Waals surface area contributed by atoms with E-state index in [9.17, 15) is 0 Å². The lowest BCUT2D eigenvalue weighted by Gasteiger charge is -2.25. The first-order valence-corrected chi connectivity index (χ1v) is 11.9. The topological polar surface area (TPSA) is 90.9 Å². The highest BCUT2D eigenvalue weighted by molar-refractivity contribution is 7.98. The largest absolute Gasteiger partial charge is 0.497 e. The molecule has 0 radical (unpaired) electrons. The monoisotopic (exact) mass is 442 g/mol. The number of ether oxygens (including phenoxy) is 1. The van der Waals surface area contributed by atoms with E-state index in [4.69, 9.17) is 9.26 Å². The first kappa shape index (κ1) is 21.7. The van der Waals surface area contributed by atoms with Crippen molar-refractivity contribution in [3.05, 3.63) is 41.8 Å². The summed E-state index contributed by atoms with van der Waals surface area (Å²) < 4.78 is 13.0. The molecule has 8 nitrogen and oxygen atoms in total. The number of nitrogens with one attached hydrogen (secondary N) is 1. The molecule has 1 fully saturated rings. The van der Waals surface area contributed by atoms with Crippen LogP contribution >= 0.6 is 11.8 Å². The number of hydrogen-bond acceptors (Lipinski definition) is 8. The highest BCUT2D eigenvalue weighted by Crippen LogP contribution is 2.33. The Hall–Kier alpha value is -2.55. The van der Waals surface area contributed by atoms with Crippen LogP contribution in [0.15, 0.2) is 33.9 Å². The standard InChI is InChI=1S/C22H30N6O2S/c1-15(2)21-24-20(30-27-21)14-31-22-26-25-19(28(22)17-9-5-4-6-10-17)13-23-16-8-7-11-18(12-16)29-3/h7-8,11-12,15,17,23H,4-6,9-10,13-14H2,1-3H3. The summed E-state index contributed by atoms with van der Waals surface area (Å²) in [6, 6.07) is 8.36. The van der Waals surface area contributed by atoms with Crippen LogP contribution < -0.4 is 10.1 Å². The molecular formula is C22H30N6O2S. The third kappa shape index (κ3) is 5.39. The Kier molecular flexibility index (Phi) is 7.11. The van der Waals surface area contributed by atoms with Gasteiger partial charge in [0.05, 0.1) is 19.4 Å². The minimum atomic E-state index is 0.252. The highest BCUT2D eigenvalue weighted by Gasteiger charge is 2.23. The summed E-state index contributed by atoms with van der Waals surface area (Å²) in [7, 11) is 1.68. The smallest absolute Gasteiger partial charge is 0.237 e. The molecule has 9 heteroatoms. The van der Waals surface area contributed by atoms with Gasteiger partial charge < -0.3 is 19.1 Å². The van der Waals surface area contributed by atoms with Gasteiger partial charge in [-0.3, -0.25) is 0 Å². The van der Waals surface area contributed by atoms with Crippen LogP contribution in [-0.2, 0) is 12.3 Å². The number of nitrogens with zero attached hydrogens (tertiary/aromatic N) is 5. The zero-order chi connectivity index (χ0) is 21.6. The van der Waals surface area contributed by atoms with E-state index in [2.05, 4.69) is 44.1 Å². The molecule has 0 amide bonds. The molecule has 1 aromatic carbocycles. The van der Waals surface area contributed by atoms with Crippen molar-refractivity contribution in [1.29, 1.82) is 0 Å². The van der Waals surface area contributed by atoms with E-state index < -0.39 is 0 Å². The predicted octanol–water partition coefficient (Wildman–Crippen LogP) is 5.20. The summed E-state index contributed by atoms with van der Waals surface area (Å²) in [5.41, 5.74) is 0.999. The number of benzene rings is 1. The number of methoxy groups -OCH3 is 1. The molecule has 0 unspecified atom stereocenters. The minimum absolute atomic E-state index is 0.252. The van der Waals surface area contributed by atoms with Gasteiger partial charge in [-0.15, -0.1) is 10.2 Å². The van der Waals surface area contributed by atoms with E-state index >= 15 is 0 Å². The second kappa shape index (κ2) is 10.2. The predicted molar refractivity (Wildman–Crippen MR) is 120 cm³/mol. The van der Waals surface area contributed by atoms with Crippen LogP contribution in [0.5, 0.6) is 5.75 Å². The summed E-state index contributed by atoms with van der Waals surface area (Å²) in [5, 5.41) is 17.5. The Morgan fingerprint density at radius 3 is 2.81 bits per heavy atom. The zero-order valence-electron chi connectivity index (χ0n) is 18.4. The fraction of sp³-hybridized carbons (Fsp3) is 0.545. The summed E-state index contributed by atoms with van der Waals surface area (Å²) >= 11 is 1.61. The van der Waals surface area contributed by atoms with Crippen LogP contribution in [0.4, 0.5) is 5.69 Å². The summed E-state index contributed by atoms with van der Waals surface area (Å²) in [6.07, 6.45) is 6.12. The third-order valence-electron chi connectivity index (χ3n) is 5.52. The quantitative estimate of drug-likeness (QED) is 0.452. The van der Waals surface area contributed by atoms with Crippen molar-refractivity contribution in [1.82, 2.24) is 24.9 Å². The Morgan fingerprint density at radius 1 is 1.23 bits per heavy atom. The van der Waals surface area contributed by atoms with Gasteiger partial charge in [0.1, 0.15) is 5.75 Å². The van der Waals surface area contributed by atoms with Crippen molar-refractivity contribution in [2.45, 2.75) is 75.4 Å². The molecule has 2 heterocycles. The molecule has 2 aromatic heterocycles. The van der Waals surface area contributed by atoms with Crippen LogP contribution in [0.1, 0.15) is 75.5 Å². The average Bonchev–Trinajstić information content (AvgIpc) is 3.44. The first-order valence-electron chi connectivity index (χ1n) is 10.9. The van der Waals surface area contributed by atoms with Gasteiger partial charge >= 0.3 is 0 Å². The lowest BCUT2D eigenvalue weighted by Crippen LogP contribution is -2.18. The van der Waals surface area contributed by atoms with Gasteiger partial charge in [-0.1, -0.05) is 56.1 Å². The third-order valence-corrected chi connectivity index (χ3v) is 6.45. The summed E-state index contributed by atoms with van der Waals surface area (Å²) in [6.45, 7) is 4.72. The Labute approximate surface area is 187 Å². The molecule has 1 aliphatic rings. The van der Waals surface area contributed by atoms with E-state index in [1.165, 1.54) is 19.3 Å². The number of thioether (sulfide) groups is 1. The SMILES string of the molecule is COc1cccc(NCc2nnc(SCc3nc(C(C)C)no3)n2C2CCCCC2)c1. The lowest BCUT2D eigenvalue weighted by atomic mass is 9.95. The van der Waals surface area contributed by atoms with Crippen molar-refractivity contribution >= 4 is 17.4 Å². The molecule has 0 saturated heterocycles. The number of aromatic nitrogens is 5. The Balaban J connectivity index is 1.50. The number of anilines is 1. The molecule has 166 valence electrons. The molecule has 3 aromatic rings. The molecule has 0 spiro atoms. The molecular weight excluding hydrogens is 412 g/mol. The molecule has 0 bridgehead atoms. The van der Waals surface area contributed by atoms with E-state index in [1.807, 2.05) is 24.3 Å². The molecule has 1 aliphatic carbocycles. The van der Waals surface area contributed by atoms with Crippen molar-refractivity contribution in [3.63, 3.8) is 0 Å². The molecule has 4 rings (SSSR count). The van der Waals surface area contributed by atoms with Gasteiger partial charge in [0.15, 0.2) is 16.8 Å². The van der Waals surface area contributed by atoms with E-state index in [-0.39, 0.29) is 5.92 Å². The molecule has 1 N–H and O–H groups in total. The maximum absolute atomic E-state index is 5.40. The number of rotatable bonds is 9. The van der Waals surface area contributed by atoms with Gasteiger partial charge in [-0.25, -0.2) is 0 Å². The Bertz CT molecular complexity index is 980. The summed E-state index contributed by atoms with van der Waals surface area (Å²) in [4.78, 5) is 4.49. The van der Waals surface area contributed by atoms with Crippen molar-refractivity contribution in [2.75, 3.05) is 12.4 Å². The summed E-state index contributed by atoms with van der Waals surface area (Å²) in [5.74, 6) is 3.99. The second-order valence-corrected chi connectivity index (χ2v) is 9.08. The first-order chi connectivity index (χ1) is 15.1. The zero-order valence-corrected chi connectivity index (χ0v) is 19.2. The Morgan fingerprint density at radius 2 is 2.06 bits per heavy atom. The van der Waals surface area contributed by atoms with Crippen molar-refractivity contribution in [2.24, 2.45) is 0 Å². The van der Waals surface area contributed by atoms with Crippen LogP contribution in [-0.4, -0.2) is 32.0 Å². The van der Waals surface area contributed by atoms with Crippen LogP contribution in [0.2, 0.25) is 0 Å². The van der Waals surface area contributed by atoms with Gasteiger partial charge in [-0.05, 0) is 25.0 Å². The maximum Gasteiger partial charge on any atom is 0.237 e. The average molecular weight is 443 g/mol. The van der Waals surface area contributed by atoms with Gasteiger partial charge in [-0.2, -0.15) is 4.98 Å². The van der Waals surface area contributed by atoms with Crippen LogP contribution in [0, 0.1) is 0 Å². The minimum Gasteiger partial charge on any atom is -0.497 e. The number of hydrogen-bond donors (Lipinski definition) is 1. The van der Waals surface area contributed by atoms with Crippen molar-refractivity contribution in [3.8, 4) is 5.75 Å². The normalized spacial score (nSPS) is 14.8. The fourth-order valence-electron chi connectivity index (χ4n) is 3.83. The van der Waals surface area contributed by atoms with E-state index in [1.54, 1.807) is 18.9 Å². The van der Waals surface area contributed by atoms with Gasteiger partial charge in [0.25, 0.3) is 0 Å². The molecule has 31 heavy (non-hydrogen) atoms. The van der Waals surface area contributed by atoms with Crippen LogP contribution in [0.3, 0.4) is 0 Å². The maximum atomic E-state index is 5.40. The molecule has 1 saturated carbocycles. The molecule has 0 aliphatic heterocycles. The van der Waals surface area contributed by atoms with Gasteiger partial charge in [0.2, 0.25) is 5.89 Å². The molecule has 0 atom stereocenters. The van der Waals surface area contributed by atoms with Crippen LogP contribution in [0.25, 0.3) is 0 Å².